The molecule has 0 aliphatic heterocycles. The Kier molecular flexibility index (Phi) is 5.78. The lowest BCUT2D eigenvalue weighted by Gasteiger charge is -2.07. The second kappa shape index (κ2) is 8.61. The van der Waals surface area contributed by atoms with Crippen LogP contribution in [0.15, 0.2) is 60.9 Å². The summed E-state index contributed by atoms with van der Waals surface area (Å²) >= 11 is 0. The predicted octanol–water partition coefficient (Wildman–Crippen LogP) is 2.53. The van der Waals surface area contributed by atoms with Crippen LogP contribution in [-0.2, 0) is 0 Å². The molecule has 0 unspecified atom stereocenters. The minimum atomic E-state index is -0.496. The third-order valence-electron chi connectivity index (χ3n) is 4.00. The summed E-state index contributed by atoms with van der Waals surface area (Å²) in [5.41, 5.74) is 1.19. The zero-order valence-electron chi connectivity index (χ0n) is 15.0. The molecule has 0 radical (unpaired) electrons. The van der Waals surface area contributed by atoms with Crippen LogP contribution in [0, 0.1) is 20.2 Å². The quantitative estimate of drug-likeness (QED) is 0.338. The fourth-order valence-corrected chi connectivity index (χ4v) is 2.57. The number of nitro benzene ring substituents is 2. The van der Waals surface area contributed by atoms with Gasteiger partial charge in [0.1, 0.15) is 5.69 Å². The first-order valence-electron chi connectivity index (χ1n) is 8.50. The van der Waals surface area contributed by atoms with E-state index >= 15 is 0 Å². The van der Waals surface area contributed by atoms with Gasteiger partial charge in [-0.25, -0.2) is 4.68 Å². The van der Waals surface area contributed by atoms with Gasteiger partial charge < -0.3 is 10.6 Å². The lowest BCUT2D eigenvalue weighted by atomic mass is 10.2. The zero-order valence-corrected chi connectivity index (χ0v) is 15.0. The van der Waals surface area contributed by atoms with Crippen molar-refractivity contribution >= 4 is 23.0 Å². The first kappa shape index (κ1) is 19.5. The Morgan fingerprint density at radius 3 is 2.41 bits per heavy atom. The third kappa shape index (κ3) is 4.71. The summed E-state index contributed by atoms with van der Waals surface area (Å²) in [7, 11) is 0. The van der Waals surface area contributed by atoms with Crippen molar-refractivity contribution in [3.8, 4) is 5.69 Å². The summed E-state index contributed by atoms with van der Waals surface area (Å²) in [5.74, 6) is -0.359. The number of nitro groups is 2. The number of hydrogen-bond acceptors (Lipinski definition) is 7. The number of carbonyl (C=O) groups excluding carboxylic acids is 1. The number of benzene rings is 2. The highest BCUT2D eigenvalue weighted by atomic mass is 16.6. The molecular formula is C18H16N6O5. The molecule has 11 nitrogen and oxygen atoms in total. The van der Waals surface area contributed by atoms with E-state index in [1.165, 1.54) is 47.4 Å². The molecule has 0 saturated carbocycles. The molecule has 3 aromatic rings. The average Bonchev–Trinajstić information content (AvgIpc) is 3.21. The van der Waals surface area contributed by atoms with Crippen LogP contribution in [-0.4, -0.2) is 38.6 Å². The van der Waals surface area contributed by atoms with Crippen molar-refractivity contribution in [1.29, 1.82) is 0 Å². The first-order chi connectivity index (χ1) is 14.0. The molecule has 0 spiro atoms. The highest BCUT2D eigenvalue weighted by molar-refractivity contribution is 5.93. The Morgan fingerprint density at radius 2 is 1.72 bits per heavy atom. The molecule has 148 valence electrons. The summed E-state index contributed by atoms with van der Waals surface area (Å²) in [5, 5.41) is 31.4. The Bertz CT molecular complexity index is 1050. The lowest BCUT2D eigenvalue weighted by Crippen LogP contribution is -2.28. The number of nitrogens with zero attached hydrogens (tertiary/aromatic N) is 4. The maximum Gasteiger partial charge on any atom is 0.292 e. The van der Waals surface area contributed by atoms with Crippen molar-refractivity contribution in [2.24, 2.45) is 0 Å². The van der Waals surface area contributed by atoms with Crippen LogP contribution in [0.25, 0.3) is 5.69 Å². The van der Waals surface area contributed by atoms with Gasteiger partial charge in [0.2, 0.25) is 0 Å². The van der Waals surface area contributed by atoms with E-state index in [-0.39, 0.29) is 23.8 Å². The van der Waals surface area contributed by atoms with Gasteiger partial charge in [-0.3, -0.25) is 25.0 Å². The van der Waals surface area contributed by atoms with Gasteiger partial charge in [-0.2, -0.15) is 5.10 Å². The summed E-state index contributed by atoms with van der Waals surface area (Å²) in [6.45, 7) is 0.542. The third-order valence-corrected chi connectivity index (χ3v) is 4.00. The van der Waals surface area contributed by atoms with Gasteiger partial charge in [0.25, 0.3) is 17.3 Å². The number of aromatic nitrogens is 2. The molecular weight excluding hydrogens is 380 g/mol. The van der Waals surface area contributed by atoms with Crippen LogP contribution in [0.2, 0.25) is 0 Å². The van der Waals surface area contributed by atoms with E-state index in [2.05, 4.69) is 15.7 Å². The molecule has 0 bridgehead atoms. The topological polar surface area (TPSA) is 145 Å². The SMILES string of the molecule is O=C(NCCNc1ccccc1[N+](=O)[O-])c1cnn(-c2ccc([N+](=O)[O-])cc2)c1. The monoisotopic (exact) mass is 396 g/mol. The Hall–Kier alpha value is -4.28. The van der Waals surface area contributed by atoms with Gasteiger partial charge in [0.05, 0.1) is 27.3 Å². The lowest BCUT2D eigenvalue weighted by molar-refractivity contribution is -0.384. The summed E-state index contributed by atoms with van der Waals surface area (Å²) < 4.78 is 1.43. The van der Waals surface area contributed by atoms with Crippen LogP contribution < -0.4 is 10.6 Å². The van der Waals surface area contributed by atoms with Crippen molar-refractivity contribution in [1.82, 2.24) is 15.1 Å². The number of para-hydroxylation sites is 2. The fourth-order valence-electron chi connectivity index (χ4n) is 2.57. The maximum absolute atomic E-state index is 12.2. The van der Waals surface area contributed by atoms with Gasteiger partial charge in [-0.15, -0.1) is 0 Å². The van der Waals surface area contributed by atoms with Crippen molar-refractivity contribution in [3.05, 3.63) is 86.7 Å². The number of amides is 1. The number of rotatable bonds is 8. The Morgan fingerprint density at radius 1 is 1.00 bits per heavy atom. The number of non-ortho nitro benzene ring substituents is 1. The van der Waals surface area contributed by atoms with Gasteiger partial charge in [-0.05, 0) is 18.2 Å². The Labute approximate surface area is 164 Å². The number of carbonyl (C=O) groups is 1. The average molecular weight is 396 g/mol. The molecule has 0 aliphatic rings. The van der Waals surface area contributed by atoms with Crippen LogP contribution in [0.5, 0.6) is 0 Å². The normalized spacial score (nSPS) is 10.3. The van der Waals surface area contributed by atoms with Crippen LogP contribution in [0.1, 0.15) is 10.4 Å². The smallest absolute Gasteiger partial charge is 0.292 e. The fraction of sp³-hybridized carbons (Fsp3) is 0.111. The van der Waals surface area contributed by atoms with E-state index in [9.17, 15) is 25.0 Å². The summed E-state index contributed by atoms with van der Waals surface area (Å²) in [4.78, 5) is 32.9. The van der Waals surface area contributed by atoms with Gasteiger partial charge in [0, 0.05) is 37.5 Å². The van der Waals surface area contributed by atoms with Gasteiger partial charge >= 0.3 is 0 Å². The summed E-state index contributed by atoms with van der Waals surface area (Å²) in [6, 6.07) is 12.0. The van der Waals surface area contributed by atoms with Crippen LogP contribution in [0.3, 0.4) is 0 Å². The van der Waals surface area contributed by atoms with Crippen molar-refractivity contribution in [2.75, 3.05) is 18.4 Å². The van der Waals surface area contributed by atoms with E-state index in [1.807, 2.05) is 0 Å². The largest absolute Gasteiger partial charge is 0.378 e. The van der Waals surface area contributed by atoms with Crippen LogP contribution in [0.4, 0.5) is 17.1 Å². The minimum Gasteiger partial charge on any atom is -0.378 e. The number of anilines is 1. The molecule has 2 aromatic carbocycles. The van der Waals surface area contributed by atoms with Gasteiger partial charge in [0.15, 0.2) is 0 Å². The van der Waals surface area contributed by atoms with E-state index in [1.54, 1.807) is 18.2 Å². The van der Waals surface area contributed by atoms with E-state index in [0.717, 1.165) is 0 Å². The molecule has 0 atom stereocenters. The second-order valence-electron chi connectivity index (χ2n) is 5.90. The first-order valence-corrected chi connectivity index (χ1v) is 8.50. The molecule has 0 fully saturated rings. The second-order valence-corrected chi connectivity index (χ2v) is 5.90. The maximum atomic E-state index is 12.2. The Balaban J connectivity index is 1.54. The molecule has 2 N–H and O–H groups in total. The van der Waals surface area contributed by atoms with E-state index < -0.39 is 9.85 Å². The highest BCUT2D eigenvalue weighted by Gasteiger charge is 2.13. The van der Waals surface area contributed by atoms with Crippen molar-refractivity contribution in [2.45, 2.75) is 0 Å². The molecule has 1 aromatic heterocycles. The molecule has 0 aliphatic carbocycles. The van der Waals surface area contributed by atoms with Crippen molar-refractivity contribution in [3.63, 3.8) is 0 Å². The molecule has 1 amide bonds. The highest BCUT2D eigenvalue weighted by Crippen LogP contribution is 2.22. The van der Waals surface area contributed by atoms with E-state index in [4.69, 9.17) is 0 Å². The predicted molar refractivity (Wildman–Crippen MR) is 104 cm³/mol. The molecule has 3 rings (SSSR count). The molecule has 11 heteroatoms. The molecule has 0 saturated heterocycles. The van der Waals surface area contributed by atoms with E-state index in [0.29, 0.717) is 23.5 Å². The molecule has 1 heterocycles. The van der Waals surface area contributed by atoms with Gasteiger partial charge in [-0.1, -0.05) is 12.1 Å². The number of nitrogens with one attached hydrogen (secondary N) is 2. The zero-order chi connectivity index (χ0) is 20.8. The van der Waals surface area contributed by atoms with Crippen molar-refractivity contribution < 1.29 is 14.6 Å². The number of hydrogen-bond donors (Lipinski definition) is 2. The molecule has 29 heavy (non-hydrogen) atoms. The minimum absolute atomic E-state index is 0.0370. The standard InChI is InChI=1S/C18H16N6O5/c25-18(20-10-9-19-16-3-1-2-4-17(16)24(28)29)13-11-21-22(12-13)14-5-7-15(8-6-14)23(26)27/h1-8,11-12,19H,9-10H2,(H,20,25). The van der Waals surface area contributed by atoms with Crippen LogP contribution >= 0.6 is 0 Å². The summed E-state index contributed by atoms with van der Waals surface area (Å²) in [6.07, 6.45) is 2.89.